The Kier molecular flexibility index (Phi) is 8.45. The van der Waals surface area contributed by atoms with E-state index in [0.717, 1.165) is 19.3 Å². The standard InChI is InChI=1S/C18H25N3O2/c1-2-3-4-5-6-7-8-16(17(20)22)21-18(23)15-11-9-14(13-19)10-12-15/h9-12,16H,2-8H2,1H3,(H2,20,22)(H,21,23)/t16-/m0/s1. The molecule has 0 bridgehead atoms. The first-order valence-corrected chi connectivity index (χ1v) is 8.18. The molecule has 0 saturated carbocycles. The minimum atomic E-state index is -0.649. The monoisotopic (exact) mass is 315 g/mol. The van der Waals surface area contributed by atoms with Crippen LogP contribution in [-0.4, -0.2) is 17.9 Å². The summed E-state index contributed by atoms with van der Waals surface area (Å²) in [5.74, 6) is -0.857. The minimum Gasteiger partial charge on any atom is -0.368 e. The fraction of sp³-hybridized carbons (Fsp3) is 0.500. The number of nitrogens with one attached hydrogen (secondary N) is 1. The number of nitriles is 1. The second kappa shape index (κ2) is 10.4. The van der Waals surface area contributed by atoms with Crippen LogP contribution < -0.4 is 11.1 Å². The van der Waals surface area contributed by atoms with Gasteiger partial charge in [-0.05, 0) is 30.7 Å². The van der Waals surface area contributed by atoms with Gasteiger partial charge < -0.3 is 11.1 Å². The summed E-state index contributed by atoms with van der Waals surface area (Å²) in [4.78, 5) is 23.6. The smallest absolute Gasteiger partial charge is 0.251 e. The number of amides is 2. The summed E-state index contributed by atoms with van der Waals surface area (Å²) in [6.45, 7) is 2.17. The quantitative estimate of drug-likeness (QED) is 0.650. The molecule has 0 aliphatic rings. The molecular formula is C18H25N3O2. The van der Waals surface area contributed by atoms with Crippen LogP contribution in [-0.2, 0) is 4.79 Å². The van der Waals surface area contributed by atoms with Gasteiger partial charge in [-0.15, -0.1) is 0 Å². The number of nitrogens with two attached hydrogens (primary N) is 1. The van der Waals surface area contributed by atoms with Crippen molar-refractivity contribution in [1.82, 2.24) is 5.32 Å². The Hall–Kier alpha value is -2.35. The highest BCUT2D eigenvalue weighted by Gasteiger charge is 2.18. The van der Waals surface area contributed by atoms with E-state index in [1.54, 1.807) is 24.3 Å². The Balaban J connectivity index is 2.46. The largest absolute Gasteiger partial charge is 0.368 e. The lowest BCUT2D eigenvalue weighted by molar-refractivity contribution is -0.120. The highest BCUT2D eigenvalue weighted by Crippen LogP contribution is 2.10. The maximum absolute atomic E-state index is 12.1. The molecule has 5 nitrogen and oxygen atoms in total. The Bertz CT molecular complexity index is 546. The zero-order valence-electron chi connectivity index (χ0n) is 13.7. The van der Waals surface area contributed by atoms with E-state index in [-0.39, 0.29) is 5.91 Å². The zero-order valence-corrected chi connectivity index (χ0v) is 13.7. The van der Waals surface area contributed by atoms with Crippen molar-refractivity contribution in [2.75, 3.05) is 0 Å². The Morgan fingerprint density at radius 2 is 1.74 bits per heavy atom. The molecule has 0 saturated heterocycles. The molecule has 23 heavy (non-hydrogen) atoms. The molecule has 1 atom stereocenters. The van der Waals surface area contributed by atoms with Crippen LogP contribution in [0.15, 0.2) is 24.3 Å². The summed E-state index contributed by atoms with van der Waals surface area (Å²) in [5, 5.41) is 11.4. The molecule has 124 valence electrons. The molecule has 0 heterocycles. The van der Waals surface area contributed by atoms with Crippen LogP contribution in [0.5, 0.6) is 0 Å². The summed E-state index contributed by atoms with van der Waals surface area (Å²) in [7, 11) is 0. The van der Waals surface area contributed by atoms with Crippen LogP contribution >= 0.6 is 0 Å². The SMILES string of the molecule is CCCCCCCC[C@H](NC(=O)c1ccc(C#N)cc1)C(N)=O. The summed E-state index contributed by atoms with van der Waals surface area (Å²) in [5.41, 5.74) is 6.28. The van der Waals surface area contributed by atoms with E-state index in [1.807, 2.05) is 6.07 Å². The lowest BCUT2D eigenvalue weighted by Gasteiger charge is -2.15. The average molecular weight is 315 g/mol. The van der Waals surface area contributed by atoms with E-state index in [4.69, 9.17) is 11.0 Å². The molecule has 1 aromatic rings. The third-order valence-electron chi connectivity index (χ3n) is 3.77. The number of carbonyl (C=O) groups excluding carboxylic acids is 2. The molecule has 0 unspecified atom stereocenters. The second-order valence-electron chi connectivity index (χ2n) is 5.67. The van der Waals surface area contributed by atoms with Crippen molar-refractivity contribution in [3.05, 3.63) is 35.4 Å². The summed E-state index contributed by atoms with van der Waals surface area (Å²) in [6.07, 6.45) is 7.24. The third-order valence-corrected chi connectivity index (χ3v) is 3.77. The fourth-order valence-electron chi connectivity index (χ4n) is 2.35. The number of nitrogens with zero attached hydrogens (tertiary/aromatic N) is 1. The van der Waals surface area contributed by atoms with Gasteiger partial charge in [-0.2, -0.15) is 5.26 Å². The number of rotatable bonds is 10. The second-order valence-corrected chi connectivity index (χ2v) is 5.67. The topological polar surface area (TPSA) is 96.0 Å². The molecular weight excluding hydrogens is 290 g/mol. The molecule has 0 radical (unpaired) electrons. The molecule has 0 aliphatic carbocycles. The Morgan fingerprint density at radius 1 is 1.13 bits per heavy atom. The maximum atomic E-state index is 12.1. The van der Waals surface area contributed by atoms with Gasteiger partial charge in [-0.1, -0.05) is 45.4 Å². The highest BCUT2D eigenvalue weighted by atomic mass is 16.2. The number of unbranched alkanes of at least 4 members (excludes halogenated alkanes) is 5. The van der Waals surface area contributed by atoms with Gasteiger partial charge in [0.1, 0.15) is 6.04 Å². The highest BCUT2D eigenvalue weighted by molar-refractivity contribution is 5.97. The number of hydrogen-bond donors (Lipinski definition) is 2. The number of primary amides is 1. The molecule has 0 spiro atoms. The molecule has 0 fully saturated rings. The first-order valence-electron chi connectivity index (χ1n) is 8.18. The van der Waals surface area contributed by atoms with Crippen molar-refractivity contribution in [2.45, 2.75) is 57.9 Å². The average Bonchev–Trinajstić information content (AvgIpc) is 2.56. The van der Waals surface area contributed by atoms with Crippen molar-refractivity contribution in [1.29, 1.82) is 5.26 Å². The summed E-state index contributed by atoms with van der Waals surface area (Å²) in [6, 6.07) is 7.62. The number of hydrogen-bond acceptors (Lipinski definition) is 3. The van der Waals surface area contributed by atoms with Crippen LogP contribution in [0.2, 0.25) is 0 Å². The van der Waals surface area contributed by atoms with Crippen molar-refractivity contribution >= 4 is 11.8 Å². The molecule has 5 heteroatoms. The van der Waals surface area contributed by atoms with Crippen LogP contribution in [0.25, 0.3) is 0 Å². The minimum absolute atomic E-state index is 0.343. The first-order chi connectivity index (χ1) is 11.1. The van der Waals surface area contributed by atoms with Crippen LogP contribution in [0.3, 0.4) is 0 Å². The van der Waals surface area contributed by atoms with Gasteiger partial charge in [0.2, 0.25) is 5.91 Å². The van der Waals surface area contributed by atoms with E-state index in [0.29, 0.717) is 17.5 Å². The lowest BCUT2D eigenvalue weighted by Crippen LogP contribution is -2.44. The molecule has 1 aromatic carbocycles. The van der Waals surface area contributed by atoms with Gasteiger partial charge >= 0.3 is 0 Å². The van der Waals surface area contributed by atoms with E-state index in [9.17, 15) is 9.59 Å². The maximum Gasteiger partial charge on any atom is 0.251 e. The molecule has 1 rings (SSSR count). The van der Waals surface area contributed by atoms with Gasteiger partial charge in [0.05, 0.1) is 11.6 Å². The molecule has 0 aliphatic heterocycles. The van der Waals surface area contributed by atoms with E-state index < -0.39 is 11.9 Å². The fourth-order valence-corrected chi connectivity index (χ4v) is 2.35. The van der Waals surface area contributed by atoms with Crippen molar-refractivity contribution < 1.29 is 9.59 Å². The van der Waals surface area contributed by atoms with Crippen molar-refractivity contribution in [3.8, 4) is 6.07 Å². The van der Waals surface area contributed by atoms with Gasteiger partial charge in [-0.3, -0.25) is 9.59 Å². The Morgan fingerprint density at radius 3 is 2.30 bits per heavy atom. The van der Waals surface area contributed by atoms with Crippen LogP contribution in [0, 0.1) is 11.3 Å². The van der Waals surface area contributed by atoms with E-state index in [2.05, 4.69) is 12.2 Å². The normalized spacial score (nSPS) is 11.5. The third kappa shape index (κ3) is 6.96. The predicted octanol–water partition coefficient (Wildman–Crippen LogP) is 2.89. The van der Waals surface area contributed by atoms with Gasteiger partial charge in [0.15, 0.2) is 0 Å². The number of benzene rings is 1. The zero-order chi connectivity index (χ0) is 17.1. The first kappa shape index (κ1) is 18.7. The lowest BCUT2D eigenvalue weighted by atomic mass is 10.0. The van der Waals surface area contributed by atoms with E-state index in [1.165, 1.54) is 19.3 Å². The summed E-state index contributed by atoms with van der Waals surface area (Å²) >= 11 is 0. The number of carbonyl (C=O) groups is 2. The van der Waals surface area contributed by atoms with Crippen LogP contribution in [0.4, 0.5) is 0 Å². The molecule has 3 N–H and O–H groups in total. The van der Waals surface area contributed by atoms with Gasteiger partial charge in [-0.25, -0.2) is 0 Å². The molecule has 2 amide bonds. The van der Waals surface area contributed by atoms with Gasteiger partial charge in [0, 0.05) is 5.56 Å². The molecule has 0 aromatic heterocycles. The summed E-state index contributed by atoms with van der Waals surface area (Å²) < 4.78 is 0. The van der Waals surface area contributed by atoms with E-state index >= 15 is 0 Å². The Labute approximate surface area is 137 Å². The van der Waals surface area contributed by atoms with Crippen LogP contribution in [0.1, 0.15) is 67.8 Å². The predicted molar refractivity (Wildman–Crippen MR) is 89.6 cm³/mol. The van der Waals surface area contributed by atoms with Crippen molar-refractivity contribution in [2.24, 2.45) is 5.73 Å². The van der Waals surface area contributed by atoms with Gasteiger partial charge in [0.25, 0.3) is 5.91 Å². The van der Waals surface area contributed by atoms with Crippen molar-refractivity contribution in [3.63, 3.8) is 0 Å².